The highest BCUT2D eigenvalue weighted by atomic mass is 32.1. The molecule has 1 aromatic carbocycles. The van der Waals surface area contributed by atoms with Gasteiger partial charge in [0.2, 0.25) is 0 Å². The van der Waals surface area contributed by atoms with Gasteiger partial charge in [0.15, 0.2) is 4.88 Å². The fourth-order valence-corrected chi connectivity index (χ4v) is 3.45. The first-order valence-corrected chi connectivity index (χ1v) is 7.87. The van der Waals surface area contributed by atoms with E-state index >= 15 is 0 Å². The lowest BCUT2D eigenvalue weighted by Gasteiger charge is -2.01. The first kappa shape index (κ1) is 14.5. The zero-order valence-electron chi connectivity index (χ0n) is 12.5. The third-order valence-electron chi connectivity index (χ3n) is 3.72. The monoisotopic (exact) mass is 340 g/mol. The summed E-state index contributed by atoms with van der Waals surface area (Å²) in [6.07, 6.45) is 5.33. The Morgan fingerprint density at radius 3 is 2.75 bits per heavy atom. The largest absolute Gasteiger partial charge is 0.506 e. The van der Waals surface area contributed by atoms with E-state index in [1.165, 1.54) is 6.07 Å². The molecule has 8 heteroatoms. The molecule has 4 aromatic rings. The predicted octanol–water partition coefficient (Wildman–Crippen LogP) is 2.89. The number of benzene rings is 1. The molecule has 4 rings (SSSR count). The van der Waals surface area contributed by atoms with E-state index in [0.29, 0.717) is 5.00 Å². The normalized spacial score (nSPS) is 11.2. The number of thiophene rings is 1. The Labute approximate surface area is 140 Å². The molecule has 0 atom stereocenters. The zero-order valence-corrected chi connectivity index (χ0v) is 13.4. The van der Waals surface area contributed by atoms with Gasteiger partial charge in [-0.25, -0.2) is 9.78 Å². The van der Waals surface area contributed by atoms with E-state index in [4.69, 9.17) is 5.11 Å². The third-order valence-corrected chi connectivity index (χ3v) is 4.83. The first-order valence-electron chi connectivity index (χ1n) is 7.05. The summed E-state index contributed by atoms with van der Waals surface area (Å²) in [5.41, 5.74) is 3.61. The second kappa shape index (κ2) is 5.20. The van der Waals surface area contributed by atoms with Crippen molar-refractivity contribution in [2.75, 3.05) is 0 Å². The maximum Gasteiger partial charge on any atom is 0.349 e. The molecule has 0 aliphatic heterocycles. The van der Waals surface area contributed by atoms with Gasteiger partial charge < -0.3 is 10.2 Å². The van der Waals surface area contributed by atoms with Crippen molar-refractivity contribution in [3.8, 4) is 21.9 Å². The smallest absolute Gasteiger partial charge is 0.349 e. The lowest BCUT2D eigenvalue weighted by atomic mass is 10.1. The number of hydrogen-bond acceptors (Lipinski definition) is 5. The van der Waals surface area contributed by atoms with Crippen LogP contribution < -0.4 is 0 Å². The van der Waals surface area contributed by atoms with E-state index < -0.39 is 5.97 Å². The van der Waals surface area contributed by atoms with Gasteiger partial charge in [0, 0.05) is 24.9 Å². The Balaban J connectivity index is 1.81. The number of aromatic carboxylic acids is 1. The van der Waals surface area contributed by atoms with Crippen LogP contribution in [0.5, 0.6) is 5.75 Å². The molecule has 0 unspecified atom stereocenters. The molecule has 0 bridgehead atoms. The van der Waals surface area contributed by atoms with Crippen molar-refractivity contribution in [3.05, 3.63) is 47.9 Å². The number of carbonyl (C=O) groups is 1. The Kier molecular flexibility index (Phi) is 3.14. The van der Waals surface area contributed by atoms with Gasteiger partial charge >= 0.3 is 5.97 Å². The molecule has 0 fully saturated rings. The van der Waals surface area contributed by atoms with Crippen LogP contribution in [0.1, 0.15) is 9.67 Å². The molecular formula is C16H12N4O3S. The summed E-state index contributed by atoms with van der Waals surface area (Å²) in [4.78, 5) is 15.4. The molecule has 2 N–H and O–H groups in total. The minimum atomic E-state index is -1.15. The van der Waals surface area contributed by atoms with Crippen LogP contribution in [0.15, 0.2) is 43.0 Å². The number of rotatable bonds is 3. The van der Waals surface area contributed by atoms with Gasteiger partial charge in [0.1, 0.15) is 17.1 Å². The average molecular weight is 340 g/mol. The molecule has 0 spiro atoms. The predicted molar refractivity (Wildman–Crippen MR) is 89.8 cm³/mol. The van der Waals surface area contributed by atoms with Crippen molar-refractivity contribution in [3.63, 3.8) is 0 Å². The summed E-state index contributed by atoms with van der Waals surface area (Å²) < 4.78 is 3.50. The van der Waals surface area contributed by atoms with Crippen molar-refractivity contribution in [1.82, 2.24) is 19.3 Å². The molecule has 3 aromatic heterocycles. The van der Waals surface area contributed by atoms with Gasteiger partial charge in [-0.2, -0.15) is 5.10 Å². The van der Waals surface area contributed by atoms with E-state index in [-0.39, 0.29) is 10.6 Å². The SMILES string of the molecule is Cn1cc(-c2ccc3c(c2)ncn3-c2cc(O)c(C(=O)O)s2)cn1. The lowest BCUT2D eigenvalue weighted by Crippen LogP contribution is -1.91. The van der Waals surface area contributed by atoms with Crippen LogP contribution in [-0.4, -0.2) is 35.5 Å². The number of aryl methyl sites for hydroxylation is 1. The summed E-state index contributed by atoms with van der Waals surface area (Å²) in [6.45, 7) is 0. The van der Waals surface area contributed by atoms with E-state index in [0.717, 1.165) is 33.5 Å². The van der Waals surface area contributed by atoms with Gasteiger partial charge in [-0.15, -0.1) is 11.3 Å². The summed E-state index contributed by atoms with van der Waals surface area (Å²) in [7, 11) is 1.86. The number of fused-ring (bicyclic) bond motifs is 1. The van der Waals surface area contributed by atoms with Crippen LogP contribution in [0.4, 0.5) is 0 Å². The van der Waals surface area contributed by atoms with Crippen molar-refractivity contribution in [2.45, 2.75) is 0 Å². The molecule has 0 saturated carbocycles. The minimum absolute atomic E-state index is 0.0844. The Bertz CT molecular complexity index is 1080. The lowest BCUT2D eigenvalue weighted by molar-refractivity contribution is 0.0699. The fourth-order valence-electron chi connectivity index (χ4n) is 2.58. The molecule has 0 amide bonds. The standard InChI is InChI=1S/C16H12N4O3S/c1-19-7-10(6-18-19)9-2-3-12-11(4-9)17-8-20(12)14-5-13(21)15(24-14)16(22)23/h2-8,21H,1H3,(H,22,23). The summed E-state index contributed by atoms with van der Waals surface area (Å²) in [6, 6.07) is 7.27. The van der Waals surface area contributed by atoms with Crippen molar-refractivity contribution in [1.29, 1.82) is 0 Å². The minimum Gasteiger partial charge on any atom is -0.506 e. The van der Waals surface area contributed by atoms with Gasteiger partial charge in [-0.3, -0.25) is 9.25 Å². The zero-order chi connectivity index (χ0) is 16.8. The number of hydrogen-bond donors (Lipinski definition) is 2. The maximum atomic E-state index is 11.1. The second-order valence-electron chi connectivity index (χ2n) is 5.32. The molecule has 0 radical (unpaired) electrons. The van der Waals surface area contributed by atoms with Crippen LogP contribution >= 0.6 is 11.3 Å². The summed E-state index contributed by atoms with van der Waals surface area (Å²) >= 11 is 1.00. The molecular weight excluding hydrogens is 328 g/mol. The van der Waals surface area contributed by atoms with Crippen LogP contribution in [-0.2, 0) is 7.05 Å². The number of carboxylic acids is 1. The van der Waals surface area contributed by atoms with E-state index in [1.54, 1.807) is 21.8 Å². The number of nitrogens with zero attached hydrogens (tertiary/aromatic N) is 4. The molecule has 120 valence electrons. The molecule has 0 saturated heterocycles. The van der Waals surface area contributed by atoms with Gasteiger partial charge in [0.25, 0.3) is 0 Å². The molecule has 24 heavy (non-hydrogen) atoms. The fraction of sp³-hybridized carbons (Fsp3) is 0.0625. The number of aromatic nitrogens is 4. The quantitative estimate of drug-likeness (QED) is 0.598. The second-order valence-corrected chi connectivity index (χ2v) is 6.36. The van der Waals surface area contributed by atoms with Gasteiger partial charge in [-0.05, 0) is 17.7 Å². The van der Waals surface area contributed by atoms with Crippen molar-refractivity contribution < 1.29 is 15.0 Å². The number of imidazole rings is 1. The van der Waals surface area contributed by atoms with Crippen molar-refractivity contribution >= 4 is 28.3 Å². The number of aromatic hydroxyl groups is 1. The average Bonchev–Trinajstić information content (AvgIpc) is 3.24. The molecule has 0 aliphatic rings. The molecule has 0 aliphatic carbocycles. The number of carboxylic acid groups (broad SMARTS) is 1. The van der Waals surface area contributed by atoms with Gasteiger partial charge in [-0.1, -0.05) is 6.07 Å². The Morgan fingerprint density at radius 1 is 1.25 bits per heavy atom. The first-order chi connectivity index (χ1) is 11.5. The summed E-state index contributed by atoms with van der Waals surface area (Å²) in [5.74, 6) is -1.39. The van der Waals surface area contributed by atoms with E-state index in [9.17, 15) is 9.90 Å². The van der Waals surface area contributed by atoms with Crippen molar-refractivity contribution in [2.24, 2.45) is 7.05 Å². The summed E-state index contributed by atoms with van der Waals surface area (Å²) in [5, 5.41) is 23.6. The highest BCUT2D eigenvalue weighted by molar-refractivity contribution is 7.16. The highest BCUT2D eigenvalue weighted by Gasteiger charge is 2.17. The van der Waals surface area contributed by atoms with E-state index in [1.807, 2.05) is 31.4 Å². The topological polar surface area (TPSA) is 93.2 Å². The molecule has 7 nitrogen and oxygen atoms in total. The van der Waals surface area contributed by atoms with Gasteiger partial charge in [0.05, 0.1) is 17.2 Å². The van der Waals surface area contributed by atoms with Crippen LogP contribution in [0.3, 0.4) is 0 Å². The van der Waals surface area contributed by atoms with Crippen LogP contribution in [0.2, 0.25) is 0 Å². The Morgan fingerprint density at radius 2 is 2.08 bits per heavy atom. The molecule has 3 heterocycles. The van der Waals surface area contributed by atoms with Crippen LogP contribution in [0.25, 0.3) is 27.2 Å². The highest BCUT2D eigenvalue weighted by Crippen LogP contribution is 2.33. The van der Waals surface area contributed by atoms with Crippen LogP contribution in [0, 0.1) is 0 Å². The Hall–Kier alpha value is -3.13. The maximum absolute atomic E-state index is 11.1. The third kappa shape index (κ3) is 2.24. The van der Waals surface area contributed by atoms with E-state index in [2.05, 4.69) is 10.1 Å².